The number of para-hydroxylation sites is 2. The van der Waals surface area contributed by atoms with Gasteiger partial charge in [0.25, 0.3) is 11.8 Å². The molecule has 1 atom stereocenters. The molecule has 2 N–H and O–H groups in total. The quantitative estimate of drug-likeness (QED) is 0.289. The second kappa shape index (κ2) is 13.1. The number of ether oxygens (including phenoxy) is 1. The Labute approximate surface area is 241 Å². The van der Waals surface area contributed by atoms with E-state index in [4.69, 9.17) is 4.74 Å². The van der Waals surface area contributed by atoms with Crippen molar-refractivity contribution in [2.45, 2.75) is 19.9 Å². The monoisotopic (exact) mass is 546 g/mol. The van der Waals surface area contributed by atoms with Gasteiger partial charge < -0.3 is 15.0 Å². The van der Waals surface area contributed by atoms with Crippen LogP contribution < -0.4 is 19.9 Å². The number of likely N-dealkylation sites (N-methyl/N-ethyl adjacent to an activating group) is 1. The van der Waals surface area contributed by atoms with E-state index in [1.54, 1.807) is 23.1 Å². The number of carbonyl (C=O) groups excluding carboxylic acids is 2. The lowest BCUT2D eigenvalue weighted by Crippen LogP contribution is -3.10. The Morgan fingerprint density at radius 1 is 0.854 bits per heavy atom. The van der Waals surface area contributed by atoms with Crippen LogP contribution in [0.5, 0.6) is 5.75 Å². The molecule has 0 saturated heterocycles. The van der Waals surface area contributed by atoms with Gasteiger partial charge in [-0.05, 0) is 54.0 Å². The molecule has 1 unspecified atom stereocenters. The van der Waals surface area contributed by atoms with E-state index in [0.29, 0.717) is 24.4 Å². The minimum Gasteiger partial charge on any atom is -0.449 e. The molecule has 6 nitrogen and oxygen atoms in total. The second-order valence-electron chi connectivity index (χ2n) is 10.5. The van der Waals surface area contributed by atoms with E-state index in [9.17, 15) is 9.59 Å². The first-order chi connectivity index (χ1) is 20.0. The van der Waals surface area contributed by atoms with Crippen molar-refractivity contribution < 1.29 is 19.2 Å². The number of nitrogens with one attached hydrogen (secondary N) is 2. The summed E-state index contributed by atoms with van der Waals surface area (Å²) < 4.78 is 6.02. The van der Waals surface area contributed by atoms with Gasteiger partial charge in [0.2, 0.25) is 0 Å². The highest BCUT2D eigenvalue weighted by Gasteiger charge is 2.30. The third kappa shape index (κ3) is 7.29. The van der Waals surface area contributed by atoms with Gasteiger partial charge in [0.15, 0.2) is 11.5 Å². The standard InChI is InChI=1S/C35H35N3O3/c1-26-12-14-29(15-13-26)25-38-31-10-6-7-11-32(31)41-33(35(38)40)24-28-16-18-30(19-17-28)34(39)36-21-23-37(2)22-20-27-8-4-3-5-9-27/h3-19,24H,20-23,25H2,1-2H3,(H,36,39)/p+1. The lowest BCUT2D eigenvalue weighted by molar-refractivity contribution is -0.878. The summed E-state index contributed by atoms with van der Waals surface area (Å²) in [4.78, 5) is 29.3. The molecule has 0 bridgehead atoms. The lowest BCUT2D eigenvalue weighted by Gasteiger charge is -2.30. The molecular formula is C35H36N3O3+. The number of aryl methyl sites for hydroxylation is 1. The molecule has 2 amide bonds. The molecule has 1 heterocycles. The fraction of sp³-hybridized carbons (Fsp3) is 0.200. The van der Waals surface area contributed by atoms with Crippen LogP contribution in [0, 0.1) is 6.92 Å². The van der Waals surface area contributed by atoms with Gasteiger partial charge in [0.05, 0.1) is 38.9 Å². The number of benzene rings is 4. The van der Waals surface area contributed by atoms with Crippen LogP contribution in [0.15, 0.2) is 109 Å². The molecule has 0 saturated carbocycles. The van der Waals surface area contributed by atoms with Crippen molar-refractivity contribution in [1.29, 1.82) is 0 Å². The number of nitrogens with zero attached hydrogens (tertiary/aromatic N) is 1. The van der Waals surface area contributed by atoms with Gasteiger partial charge in [-0.3, -0.25) is 14.5 Å². The Hall–Kier alpha value is -4.68. The molecule has 0 aromatic heterocycles. The summed E-state index contributed by atoms with van der Waals surface area (Å²) in [6.45, 7) is 4.95. The third-order valence-corrected chi connectivity index (χ3v) is 7.28. The molecule has 1 aliphatic rings. The first-order valence-corrected chi connectivity index (χ1v) is 14.1. The van der Waals surface area contributed by atoms with Crippen molar-refractivity contribution in [1.82, 2.24) is 5.32 Å². The van der Waals surface area contributed by atoms with Gasteiger partial charge in [0, 0.05) is 12.0 Å². The van der Waals surface area contributed by atoms with Crippen LogP contribution in [-0.4, -0.2) is 38.5 Å². The predicted molar refractivity (Wildman–Crippen MR) is 163 cm³/mol. The van der Waals surface area contributed by atoms with Crippen LogP contribution in [-0.2, 0) is 17.8 Å². The van der Waals surface area contributed by atoms with E-state index in [2.05, 4.69) is 36.6 Å². The van der Waals surface area contributed by atoms with Crippen molar-refractivity contribution in [2.75, 3.05) is 31.6 Å². The summed E-state index contributed by atoms with van der Waals surface area (Å²) in [7, 11) is 2.15. The maximum Gasteiger partial charge on any atom is 0.294 e. The lowest BCUT2D eigenvalue weighted by atomic mass is 10.1. The van der Waals surface area contributed by atoms with E-state index in [1.165, 1.54) is 16.0 Å². The zero-order valence-corrected chi connectivity index (χ0v) is 23.6. The molecule has 4 aromatic carbocycles. The molecular weight excluding hydrogens is 510 g/mol. The molecule has 5 rings (SSSR count). The van der Waals surface area contributed by atoms with Crippen molar-refractivity contribution in [3.63, 3.8) is 0 Å². The molecule has 0 spiro atoms. The van der Waals surface area contributed by atoms with Crippen LogP contribution >= 0.6 is 0 Å². The largest absolute Gasteiger partial charge is 0.449 e. The summed E-state index contributed by atoms with van der Waals surface area (Å²) in [5.74, 6) is 0.570. The van der Waals surface area contributed by atoms with Crippen LogP contribution in [0.2, 0.25) is 0 Å². The van der Waals surface area contributed by atoms with Gasteiger partial charge in [-0.25, -0.2) is 0 Å². The normalized spacial score (nSPS) is 14.3. The Kier molecular flexibility index (Phi) is 8.92. The first kappa shape index (κ1) is 27.9. The smallest absolute Gasteiger partial charge is 0.294 e. The number of anilines is 1. The van der Waals surface area contributed by atoms with Gasteiger partial charge in [0.1, 0.15) is 0 Å². The van der Waals surface area contributed by atoms with Crippen LogP contribution in [0.25, 0.3) is 6.08 Å². The molecule has 0 aliphatic carbocycles. The van der Waals surface area contributed by atoms with Gasteiger partial charge in [-0.1, -0.05) is 84.4 Å². The minimum atomic E-state index is -0.204. The molecule has 1 aliphatic heterocycles. The van der Waals surface area contributed by atoms with E-state index in [-0.39, 0.29) is 17.6 Å². The fourth-order valence-corrected chi connectivity index (χ4v) is 4.80. The first-order valence-electron chi connectivity index (χ1n) is 14.1. The highest BCUT2D eigenvalue weighted by atomic mass is 16.5. The number of carbonyl (C=O) groups is 2. The zero-order chi connectivity index (χ0) is 28.6. The van der Waals surface area contributed by atoms with E-state index >= 15 is 0 Å². The Morgan fingerprint density at radius 2 is 1.56 bits per heavy atom. The number of rotatable bonds is 10. The summed E-state index contributed by atoms with van der Waals surface area (Å²) in [6, 6.07) is 33.4. The summed E-state index contributed by atoms with van der Waals surface area (Å²) in [5.41, 5.74) is 5.65. The number of amides is 2. The maximum absolute atomic E-state index is 13.5. The SMILES string of the molecule is Cc1ccc(CN2C(=O)C(=Cc3ccc(C(=O)NCC[NH+](C)CCc4ccccc4)cc3)Oc3ccccc32)cc1. The van der Waals surface area contributed by atoms with Crippen LogP contribution in [0.3, 0.4) is 0 Å². The highest BCUT2D eigenvalue weighted by molar-refractivity contribution is 6.09. The van der Waals surface area contributed by atoms with Crippen LogP contribution in [0.4, 0.5) is 5.69 Å². The summed E-state index contributed by atoms with van der Waals surface area (Å²) >= 11 is 0. The number of hydrogen-bond acceptors (Lipinski definition) is 3. The van der Waals surface area contributed by atoms with Gasteiger partial charge in [-0.2, -0.15) is 0 Å². The molecule has 6 heteroatoms. The second-order valence-corrected chi connectivity index (χ2v) is 10.5. The molecule has 4 aromatic rings. The van der Waals surface area contributed by atoms with E-state index in [0.717, 1.165) is 36.3 Å². The molecule has 41 heavy (non-hydrogen) atoms. The van der Waals surface area contributed by atoms with E-state index < -0.39 is 0 Å². The van der Waals surface area contributed by atoms with Gasteiger partial charge in [-0.15, -0.1) is 0 Å². The minimum absolute atomic E-state index is 0.108. The zero-order valence-electron chi connectivity index (χ0n) is 23.6. The molecule has 0 radical (unpaired) electrons. The number of quaternary nitrogens is 1. The third-order valence-electron chi connectivity index (χ3n) is 7.28. The highest BCUT2D eigenvalue weighted by Crippen LogP contribution is 2.36. The van der Waals surface area contributed by atoms with Crippen molar-refractivity contribution >= 4 is 23.6 Å². The van der Waals surface area contributed by atoms with Crippen LogP contribution in [0.1, 0.15) is 32.6 Å². The number of hydrogen-bond donors (Lipinski definition) is 2. The molecule has 208 valence electrons. The van der Waals surface area contributed by atoms with Crippen molar-refractivity contribution in [2.24, 2.45) is 0 Å². The van der Waals surface area contributed by atoms with Gasteiger partial charge >= 0.3 is 0 Å². The summed E-state index contributed by atoms with van der Waals surface area (Å²) in [5, 5.41) is 3.02. The fourth-order valence-electron chi connectivity index (χ4n) is 4.80. The Bertz CT molecular complexity index is 1510. The van der Waals surface area contributed by atoms with E-state index in [1.807, 2.05) is 73.7 Å². The topological polar surface area (TPSA) is 63.1 Å². The van der Waals surface area contributed by atoms with Crippen molar-refractivity contribution in [3.05, 3.63) is 137 Å². The predicted octanol–water partition coefficient (Wildman–Crippen LogP) is 4.45. The average Bonchev–Trinajstić information content (AvgIpc) is 3.00. The summed E-state index contributed by atoms with van der Waals surface area (Å²) in [6.07, 6.45) is 2.74. The Morgan fingerprint density at radius 3 is 2.32 bits per heavy atom. The average molecular weight is 547 g/mol. The molecule has 0 fully saturated rings. The Balaban J connectivity index is 1.19. The van der Waals surface area contributed by atoms with Crippen molar-refractivity contribution in [3.8, 4) is 5.75 Å². The number of fused-ring (bicyclic) bond motifs is 1. The maximum atomic E-state index is 13.5.